The third-order valence-corrected chi connectivity index (χ3v) is 5.73. The molecule has 1 aromatic heterocycles. The molecule has 3 nitrogen and oxygen atoms in total. The second-order valence-corrected chi connectivity index (χ2v) is 7.65. The summed E-state index contributed by atoms with van der Waals surface area (Å²) in [5.74, 6) is 1.33. The van der Waals surface area contributed by atoms with E-state index in [9.17, 15) is 4.79 Å². The number of aryl methyl sites for hydroxylation is 2. The maximum atomic E-state index is 11.5. The Morgan fingerprint density at radius 1 is 1.30 bits per heavy atom. The summed E-state index contributed by atoms with van der Waals surface area (Å²) in [7, 11) is 0. The minimum Gasteiger partial charge on any atom is -0.463 e. The van der Waals surface area contributed by atoms with Crippen molar-refractivity contribution in [1.29, 1.82) is 0 Å². The molecule has 144 valence electrons. The van der Waals surface area contributed by atoms with E-state index >= 15 is 0 Å². The number of fused-ring (bicyclic) bond motifs is 1. The molecule has 1 saturated carbocycles. The standard InChI is InChI=1S/C24H30O3/c1-6-19-20-14-17(11-12-22(20)27-21(19)7-2)24(5)15-18(24)10-9-16(4)13-23(25)26-8-3/h9-14,18H,6-8,15H2,1-5H3/b10-9+,16-13+/t18-,24-/m1/s1. The molecule has 1 fully saturated rings. The van der Waals surface area contributed by atoms with Crippen LogP contribution >= 0.6 is 0 Å². The van der Waals surface area contributed by atoms with Crippen LogP contribution in [0.25, 0.3) is 11.0 Å². The van der Waals surface area contributed by atoms with Gasteiger partial charge < -0.3 is 9.15 Å². The van der Waals surface area contributed by atoms with Crippen molar-refractivity contribution < 1.29 is 13.9 Å². The van der Waals surface area contributed by atoms with E-state index in [2.05, 4.69) is 45.0 Å². The van der Waals surface area contributed by atoms with E-state index < -0.39 is 0 Å². The van der Waals surface area contributed by atoms with Crippen LogP contribution in [-0.2, 0) is 27.8 Å². The van der Waals surface area contributed by atoms with Crippen molar-refractivity contribution in [3.05, 3.63) is 58.9 Å². The Morgan fingerprint density at radius 2 is 2.07 bits per heavy atom. The zero-order valence-electron chi connectivity index (χ0n) is 17.1. The van der Waals surface area contributed by atoms with Crippen LogP contribution in [0.2, 0.25) is 0 Å². The molecule has 0 N–H and O–H groups in total. The van der Waals surface area contributed by atoms with Gasteiger partial charge in [0.05, 0.1) is 6.61 Å². The Labute approximate surface area is 162 Å². The first kappa shape index (κ1) is 19.5. The van der Waals surface area contributed by atoms with Gasteiger partial charge in [-0.3, -0.25) is 0 Å². The molecule has 3 heteroatoms. The number of ether oxygens (including phenoxy) is 1. The minimum atomic E-state index is -0.276. The summed E-state index contributed by atoms with van der Waals surface area (Å²) >= 11 is 0. The Kier molecular flexibility index (Phi) is 5.59. The fourth-order valence-corrected chi connectivity index (χ4v) is 3.92. The molecule has 0 aliphatic heterocycles. The third-order valence-electron chi connectivity index (χ3n) is 5.73. The highest BCUT2D eigenvalue weighted by Gasteiger charge is 2.49. The average Bonchev–Trinajstić information content (AvgIpc) is 3.18. The van der Waals surface area contributed by atoms with E-state index in [-0.39, 0.29) is 11.4 Å². The zero-order chi connectivity index (χ0) is 19.6. The maximum absolute atomic E-state index is 11.5. The van der Waals surface area contributed by atoms with E-state index in [1.54, 1.807) is 6.08 Å². The summed E-state index contributed by atoms with van der Waals surface area (Å²) in [4.78, 5) is 11.5. The number of hydrogen-bond acceptors (Lipinski definition) is 3. The van der Waals surface area contributed by atoms with E-state index in [1.807, 2.05) is 19.9 Å². The van der Waals surface area contributed by atoms with Gasteiger partial charge in [-0.2, -0.15) is 0 Å². The van der Waals surface area contributed by atoms with Crippen LogP contribution in [0, 0.1) is 5.92 Å². The number of hydrogen-bond donors (Lipinski definition) is 0. The van der Waals surface area contributed by atoms with Crippen LogP contribution in [0.1, 0.15) is 57.9 Å². The smallest absolute Gasteiger partial charge is 0.330 e. The van der Waals surface area contributed by atoms with Crippen molar-refractivity contribution in [2.45, 2.75) is 59.3 Å². The van der Waals surface area contributed by atoms with Crippen LogP contribution in [0.3, 0.4) is 0 Å². The van der Waals surface area contributed by atoms with Gasteiger partial charge in [0.25, 0.3) is 0 Å². The summed E-state index contributed by atoms with van der Waals surface area (Å²) in [6, 6.07) is 6.66. The first-order valence-electron chi connectivity index (χ1n) is 10.0. The second kappa shape index (κ2) is 7.75. The van der Waals surface area contributed by atoms with E-state index in [0.29, 0.717) is 12.5 Å². The molecule has 1 aromatic carbocycles. The molecule has 0 saturated heterocycles. The van der Waals surface area contributed by atoms with Gasteiger partial charge in [0, 0.05) is 23.4 Å². The van der Waals surface area contributed by atoms with Crippen molar-refractivity contribution in [2.75, 3.05) is 6.61 Å². The van der Waals surface area contributed by atoms with Crippen LogP contribution in [-0.4, -0.2) is 12.6 Å². The lowest BCUT2D eigenvalue weighted by Gasteiger charge is -2.11. The molecule has 0 unspecified atom stereocenters. The monoisotopic (exact) mass is 366 g/mol. The van der Waals surface area contributed by atoms with Gasteiger partial charge in [-0.25, -0.2) is 4.79 Å². The second-order valence-electron chi connectivity index (χ2n) is 7.65. The lowest BCUT2D eigenvalue weighted by atomic mass is 9.93. The highest BCUT2D eigenvalue weighted by atomic mass is 16.5. The highest BCUT2D eigenvalue weighted by Crippen LogP contribution is 2.55. The summed E-state index contributed by atoms with van der Waals surface area (Å²) < 4.78 is 11.0. The summed E-state index contributed by atoms with van der Waals surface area (Å²) in [5, 5.41) is 1.26. The first-order valence-corrected chi connectivity index (χ1v) is 10.0. The van der Waals surface area contributed by atoms with E-state index in [4.69, 9.17) is 9.15 Å². The topological polar surface area (TPSA) is 39.4 Å². The zero-order valence-corrected chi connectivity index (χ0v) is 17.1. The third kappa shape index (κ3) is 3.87. The normalized spacial score (nSPS) is 22.6. The van der Waals surface area contributed by atoms with Crippen molar-refractivity contribution in [3.8, 4) is 0 Å². The van der Waals surface area contributed by atoms with Gasteiger partial charge in [0.2, 0.25) is 0 Å². The van der Waals surface area contributed by atoms with Gasteiger partial charge in [0.1, 0.15) is 11.3 Å². The molecule has 0 radical (unpaired) electrons. The number of allylic oxidation sites excluding steroid dienone is 3. The molecule has 1 aliphatic rings. The highest BCUT2D eigenvalue weighted by molar-refractivity contribution is 5.84. The average molecular weight is 367 g/mol. The quantitative estimate of drug-likeness (QED) is 0.348. The summed E-state index contributed by atoms with van der Waals surface area (Å²) in [5.41, 5.74) is 4.79. The van der Waals surface area contributed by atoms with Gasteiger partial charge >= 0.3 is 5.97 Å². The molecule has 2 atom stereocenters. The predicted molar refractivity (Wildman–Crippen MR) is 110 cm³/mol. The molecule has 0 amide bonds. The number of furan rings is 1. The SMILES string of the molecule is CCOC(=O)/C=C(C)/C=C/[C@@H]1C[C@]1(C)c1ccc2oc(CC)c(CC)c2c1. The molecule has 3 rings (SSSR count). The van der Waals surface area contributed by atoms with Crippen molar-refractivity contribution in [2.24, 2.45) is 5.92 Å². The maximum Gasteiger partial charge on any atom is 0.330 e. The molecule has 1 aliphatic carbocycles. The molecule has 27 heavy (non-hydrogen) atoms. The summed E-state index contributed by atoms with van der Waals surface area (Å²) in [6.07, 6.45) is 8.87. The Bertz CT molecular complexity index is 900. The fourth-order valence-electron chi connectivity index (χ4n) is 3.92. The van der Waals surface area contributed by atoms with Crippen molar-refractivity contribution in [1.82, 2.24) is 0 Å². The Morgan fingerprint density at radius 3 is 2.74 bits per heavy atom. The lowest BCUT2D eigenvalue weighted by Crippen LogP contribution is -2.03. The first-order chi connectivity index (χ1) is 12.9. The number of carbonyl (C=O) groups is 1. The van der Waals surface area contributed by atoms with Gasteiger partial charge in [-0.15, -0.1) is 0 Å². The van der Waals surface area contributed by atoms with Gasteiger partial charge in [0.15, 0.2) is 0 Å². The number of benzene rings is 1. The predicted octanol–water partition coefficient (Wildman–Crippen LogP) is 5.90. The fraction of sp³-hybridized carbons (Fsp3) is 0.458. The lowest BCUT2D eigenvalue weighted by molar-refractivity contribution is -0.137. The Hall–Kier alpha value is -2.29. The van der Waals surface area contributed by atoms with Crippen LogP contribution < -0.4 is 0 Å². The largest absolute Gasteiger partial charge is 0.463 e. The van der Waals surface area contributed by atoms with Crippen LogP contribution in [0.15, 0.2) is 46.4 Å². The number of rotatable bonds is 7. The minimum absolute atomic E-state index is 0.156. The summed E-state index contributed by atoms with van der Waals surface area (Å²) in [6.45, 7) is 10.8. The number of carbonyl (C=O) groups excluding carboxylic acids is 1. The molecular weight excluding hydrogens is 336 g/mol. The van der Waals surface area contributed by atoms with Gasteiger partial charge in [-0.1, -0.05) is 39.0 Å². The van der Waals surface area contributed by atoms with Crippen LogP contribution in [0.4, 0.5) is 0 Å². The molecular formula is C24H30O3. The van der Waals surface area contributed by atoms with Crippen LogP contribution in [0.5, 0.6) is 0 Å². The molecule has 0 spiro atoms. The van der Waals surface area contributed by atoms with Crippen molar-refractivity contribution >= 4 is 16.9 Å². The molecule has 2 aromatic rings. The Balaban J connectivity index is 1.79. The number of esters is 1. The van der Waals surface area contributed by atoms with E-state index in [0.717, 1.165) is 36.2 Å². The molecule has 0 bridgehead atoms. The van der Waals surface area contributed by atoms with Gasteiger partial charge in [-0.05, 0) is 61.3 Å². The van der Waals surface area contributed by atoms with E-state index in [1.165, 1.54) is 16.5 Å². The molecule has 1 heterocycles. The van der Waals surface area contributed by atoms with Crippen molar-refractivity contribution in [3.63, 3.8) is 0 Å².